The molecular formula is C11H15NO5S. The molecule has 0 atom stereocenters. The van der Waals surface area contributed by atoms with Crippen molar-refractivity contribution >= 4 is 16.0 Å². The Kier molecular flexibility index (Phi) is 4.31. The van der Waals surface area contributed by atoms with Gasteiger partial charge in [-0.1, -0.05) is 0 Å². The molecule has 0 aliphatic heterocycles. The molecule has 1 aromatic rings. The minimum absolute atomic E-state index is 0.0321. The van der Waals surface area contributed by atoms with Crippen LogP contribution in [-0.2, 0) is 14.8 Å². The van der Waals surface area contributed by atoms with Crippen molar-refractivity contribution in [3.63, 3.8) is 0 Å². The summed E-state index contributed by atoms with van der Waals surface area (Å²) >= 11 is 0. The van der Waals surface area contributed by atoms with Crippen LogP contribution in [0.1, 0.15) is 17.5 Å². The fourth-order valence-electron chi connectivity index (χ4n) is 1.48. The SMILES string of the molecule is Cc1c(OCCC(=O)O)ccc(S(N)(=O)=O)c1C. The van der Waals surface area contributed by atoms with Crippen molar-refractivity contribution < 1.29 is 23.1 Å². The zero-order valence-electron chi connectivity index (χ0n) is 10.1. The molecule has 0 heterocycles. The molecule has 18 heavy (non-hydrogen) atoms. The number of hydrogen-bond acceptors (Lipinski definition) is 4. The molecule has 0 bridgehead atoms. The lowest BCUT2D eigenvalue weighted by Crippen LogP contribution is -2.14. The first kappa shape index (κ1) is 14.5. The van der Waals surface area contributed by atoms with E-state index in [9.17, 15) is 13.2 Å². The summed E-state index contributed by atoms with van der Waals surface area (Å²) in [4.78, 5) is 10.4. The highest BCUT2D eigenvalue weighted by molar-refractivity contribution is 7.89. The topological polar surface area (TPSA) is 107 Å². The smallest absolute Gasteiger partial charge is 0.306 e. The minimum atomic E-state index is -3.76. The van der Waals surface area contributed by atoms with Gasteiger partial charge in [0.2, 0.25) is 10.0 Å². The van der Waals surface area contributed by atoms with E-state index in [1.54, 1.807) is 13.8 Å². The Labute approximate surface area is 105 Å². The van der Waals surface area contributed by atoms with Crippen LogP contribution in [0.4, 0.5) is 0 Å². The van der Waals surface area contributed by atoms with Gasteiger partial charge >= 0.3 is 5.97 Å². The van der Waals surface area contributed by atoms with Crippen LogP contribution in [0.2, 0.25) is 0 Å². The van der Waals surface area contributed by atoms with E-state index >= 15 is 0 Å². The summed E-state index contributed by atoms with van der Waals surface area (Å²) in [5.41, 5.74) is 1.14. The molecule has 3 N–H and O–H groups in total. The number of rotatable bonds is 5. The molecule has 6 nitrogen and oxygen atoms in total. The van der Waals surface area contributed by atoms with E-state index in [-0.39, 0.29) is 17.9 Å². The number of nitrogens with two attached hydrogens (primary N) is 1. The summed E-state index contributed by atoms with van der Waals surface area (Å²) in [5.74, 6) is -0.494. The molecule has 100 valence electrons. The summed E-state index contributed by atoms with van der Waals surface area (Å²) in [6, 6.07) is 2.83. The lowest BCUT2D eigenvalue weighted by molar-refractivity contribution is -0.137. The molecule has 1 aromatic carbocycles. The van der Waals surface area contributed by atoms with Crippen molar-refractivity contribution in [1.82, 2.24) is 0 Å². The maximum atomic E-state index is 11.3. The molecule has 0 spiro atoms. The van der Waals surface area contributed by atoms with Gasteiger partial charge in [0.25, 0.3) is 0 Å². The maximum Gasteiger partial charge on any atom is 0.306 e. The molecule has 1 rings (SSSR count). The molecule has 7 heteroatoms. The normalized spacial score (nSPS) is 11.3. The summed E-state index contributed by atoms with van der Waals surface area (Å²) < 4.78 is 27.8. The zero-order chi connectivity index (χ0) is 13.9. The molecule has 0 saturated carbocycles. The first-order chi connectivity index (χ1) is 8.23. The van der Waals surface area contributed by atoms with E-state index in [4.69, 9.17) is 15.0 Å². The average molecular weight is 273 g/mol. The third-order valence-corrected chi connectivity index (χ3v) is 3.62. The Bertz CT molecular complexity index is 565. The summed E-state index contributed by atoms with van der Waals surface area (Å²) in [5, 5.41) is 13.6. The third-order valence-electron chi connectivity index (χ3n) is 2.57. The number of carbonyl (C=O) groups is 1. The molecule has 0 fully saturated rings. The number of ether oxygens (including phenoxy) is 1. The molecule has 0 amide bonds. The molecule has 0 radical (unpaired) electrons. The third kappa shape index (κ3) is 3.44. The highest BCUT2D eigenvalue weighted by atomic mass is 32.2. The molecule has 0 aromatic heterocycles. The summed E-state index contributed by atoms with van der Waals surface area (Å²) in [6.07, 6.45) is -0.116. The Morgan fingerprint density at radius 3 is 2.44 bits per heavy atom. The average Bonchev–Trinajstić information content (AvgIpc) is 2.22. The second-order valence-corrected chi connectivity index (χ2v) is 5.38. The van der Waals surface area contributed by atoms with Crippen LogP contribution in [0.15, 0.2) is 17.0 Å². The lowest BCUT2D eigenvalue weighted by Gasteiger charge is -2.12. The monoisotopic (exact) mass is 273 g/mol. The van der Waals surface area contributed by atoms with Gasteiger partial charge in [-0.05, 0) is 37.1 Å². The molecule has 0 saturated heterocycles. The van der Waals surface area contributed by atoms with Gasteiger partial charge < -0.3 is 9.84 Å². The van der Waals surface area contributed by atoms with Crippen LogP contribution in [0.5, 0.6) is 5.75 Å². The first-order valence-corrected chi connectivity index (χ1v) is 6.75. The second kappa shape index (κ2) is 5.36. The standard InChI is InChI=1S/C11H15NO5S/c1-7-8(2)10(18(12,15)16)4-3-9(7)17-6-5-11(13)14/h3-4H,5-6H2,1-2H3,(H,13,14)(H2,12,15,16). The van der Waals surface area contributed by atoms with E-state index in [1.165, 1.54) is 12.1 Å². The highest BCUT2D eigenvalue weighted by Crippen LogP contribution is 2.26. The van der Waals surface area contributed by atoms with E-state index < -0.39 is 16.0 Å². The van der Waals surface area contributed by atoms with Crippen molar-refractivity contribution in [3.05, 3.63) is 23.3 Å². The Hall–Kier alpha value is -1.60. The van der Waals surface area contributed by atoms with Crippen molar-refractivity contribution in [1.29, 1.82) is 0 Å². The molecular weight excluding hydrogens is 258 g/mol. The largest absolute Gasteiger partial charge is 0.493 e. The number of carboxylic acid groups (broad SMARTS) is 1. The Balaban J connectivity index is 2.98. The number of sulfonamides is 1. The van der Waals surface area contributed by atoms with E-state index in [0.29, 0.717) is 16.9 Å². The Morgan fingerprint density at radius 1 is 1.33 bits per heavy atom. The highest BCUT2D eigenvalue weighted by Gasteiger charge is 2.15. The van der Waals surface area contributed by atoms with Crippen LogP contribution in [-0.4, -0.2) is 26.1 Å². The number of carboxylic acids is 1. The van der Waals surface area contributed by atoms with E-state index in [0.717, 1.165) is 0 Å². The number of hydrogen-bond donors (Lipinski definition) is 2. The van der Waals surface area contributed by atoms with Gasteiger partial charge in [0.05, 0.1) is 17.9 Å². The fourth-order valence-corrected chi connectivity index (χ4v) is 2.32. The van der Waals surface area contributed by atoms with E-state index in [1.807, 2.05) is 0 Å². The molecule has 0 aliphatic carbocycles. The number of benzene rings is 1. The lowest BCUT2D eigenvalue weighted by atomic mass is 10.1. The van der Waals surface area contributed by atoms with Crippen LogP contribution in [0.25, 0.3) is 0 Å². The van der Waals surface area contributed by atoms with Crippen LogP contribution in [0.3, 0.4) is 0 Å². The van der Waals surface area contributed by atoms with Crippen molar-refractivity contribution in [2.24, 2.45) is 5.14 Å². The van der Waals surface area contributed by atoms with Gasteiger partial charge in [0.15, 0.2) is 0 Å². The number of primary sulfonamides is 1. The predicted octanol–water partition coefficient (Wildman–Crippen LogP) is 0.804. The van der Waals surface area contributed by atoms with Gasteiger partial charge in [0, 0.05) is 0 Å². The van der Waals surface area contributed by atoms with Gasteiger partial charge in [-0.2, -0.15) is 0 Å². The van der Waals surface area contributed by atoms with Gasteiger partial charge in [-0.25, -0.2) is 13.6 Å². The predicted molar refractivity (Wildman–Crippen MR) is 65.0 cm³/mol. The zero-order valence-corrected chi connectivity index (χ0v) is 11.0. The number of aliphatic carboxylic acids is 1. The first-order valence-electron chi connectivity index (χ1n) is 5.21. The van der Waals surface area contributed by atoms with Crippen LogP contribution >= 0.6 is 0 Å². The quantitative estimate of drug-likeness (QED) is 0.825. The molecule has 0 aliphatic rings. The second-order valence-electron chi connectivity index (χ2n) is 3.85. The minimum Gasteiger partial charge on any atom is -0.493 e. The van der Waals surface area contributed by atoms with Crippen LogP contribution in [0, 0.1) is 13.8 Å². The summed E-state index contributed by atoms with van der Waals surface area (Å²) in [6.45, 7) is 3.35. The van der Waals surface area contributed by atoms with Crippen LogP contribution < -0.4 is 9.88 Å². The van der Waals surface area contributed by atoms with Crippen molar-refractivity contribution in [3.8, 4) is 5.75 Å². The van der Waals surface area contributed by atoms with Gasteiger partial charge in [-0.15, -0.1) is 0 Å². The van der Waals surface area contributed by atoms with Gasteiger partial charge in [-0.3, -0.25) is 4.79 Å². The van der Waals surface area contributed by atoms with E-state index in [2.05, 4.69) is 0 Å². The Morgan fingerprint density at radius 2 is 1.94 bits per heavy atom. The fraction of sp³-hybridized carbons (Fsp3) is 0.364. The van der Waals surface area contributed by atoms with Crippen molar-refractivity contribution in [2.45, 2.75) is 25.2 Å². The molecule has 0 unspecified atom stereocenters. The summed E-state index contributed by atoms with van der Waals surface area (Å²) in [7, 11) is -3.76. The maximum absolute atomic E-state index is 11.3. The van der Waals surface area contributed by atoms with Crippen molar-refractivity contribution in [2.75, 3.05) is 6.61 Å². The van der Waals surface area contributed by atoms with Gasteiger partial charge in [0.1, 0.15) is 5.75 Å².